The van der Waals surface area contributed by atoms with E-state index in [0.717, 1.165) is 5.56 Å². The smallest absolute Gasteiger partial charge is 0.337 e. The summed E-state index contributed by atoms with van der Waals surface area (Å²) < 4.78 is 18.6. The Hall–Kier alpha value is -4.20. The van der Waals surface area contributed by atoms with Crippen molar-refractivity contribution < 1.29 is 18.7 Å². The summed E-state index contributed by atoms with van der Waals surface area (Å²) in [6, 6.07) is 13.7. The average Bonchev–Trinajstić information content (AvgIpc) is 3.11. The second-order valence-corrected chi connectivity index (χ2v) is 6.45. The van der Waals surface area contributed by atoms with Crippen molar-refractivity contribution in [3.8, 4) is 11.3 Å². The highest BCUT2D eigenvalue weighted by Crippen LogP contribution is 2.35. The standard InChI is InChI=1S/C22H17FN4O3/c1-30-21(28)14-3-2-4-16(11-14)25-22(29)27-20-17-12-15(23)5-6-18(17)26-19(20)13-7-9-24-10-8-13/h2-12,26H,1H3,(H2,25,27,29). The first-order valence-corrected chi connectivity index (χ1v) is 9.03. The zero-order valence-corrected chi connectivity index (χ0v) is 15.9. The molecule has 2 aromatic carbocycles. The fourth-order valence-electron chi connectivity index (χ4n) is 3.15. The van der Waals surface area contributed by atoms with E-state index in [1.807, 2.05) is 0 Å². The van der Waals surface area contributed by atoms with E-state index >= 15 is 0 Å². The van der Waals surface area contributed by atoms with Crippen LogP contribution in [0.25, 0.3) is 22.2 Å². The summed E-state index contributed by atoms with van der Waals surface area (Å²) in [7, 11) is 1.28. The molecule has 0 atom stereocenters. The van der Waals surface area contributed by atoms with Crippen molar-refractivity contribution >= 4 is 34.3 Å². The number of hydrogen-bond donors (Lipinski definition) is 3. The number of halogens is 1. The zero-order chi connectivity index (χ0) is 21.1. The lowest BCUT2D eigenvalue weighted by Gasteiger charge is -2.10. The van der Waals surface area contributed by atoms with E-state index < -0.39 is 17.8 Å². The molecule has 0 unspecified atom stereocenters. The molecule has 3 N–H and O–H groups in total. The normalized spacial score (nSPS) is 10.6. The van der Waals surface area contributed by atoms with Gasteiger partial charge in [-0.25, -0.2) is 14.0 Å². The van der Waals surface area contributed by atoms with Crippen molar-refractivity contribution in [2.45, 2.75) is 0 Å². The predicted molar refractivity (Wildman–Crippen MR) is 112 cm³/mol. The first-order valence-electron chi connectivity index (χ1n) is 9.03. The molecule has 150 valence electrons. The van der Waals surface area contributed by atoms with Crippen molar-refractivity contribution in [2.24, 2.45) is 0 Å². The van der Waals surface area contributed by atoms with Gasteiger partial charge in [0, 0.05) is 34.5 Å². The second-order valence-electron chi connectivity index (χ2n) is 6.45. The van der Waals surface area contributed by atoms with Gasteiger partial charge in [-0.05, 0) is 48.5 Å². The van der Waals surface area contributed by atoms with Gasteiger partial charge in [0.25, 0.3) is 0 Å². The molecule has 30 heavy (non-hydrogen) atoms. The number of methoxy groups -OCH3 is 1. The van der Waals surface area contributed by atoms with Gasteiger partial charge < -0.3 is 20.4 Å². The number of aromatic amines is 1. The third kappa shape index (κ3) is 3.83. The quantitative estimate of drug-likeness (QED) is 0.426. The summed E-state index contributed by atoms with van der Waals surface area (Å²) in [6.45, 7) is 0. The van der Waals surface area contributed by atoms with E-state index in [0.29, 0.717) is 33.5 Å². The number of amides is 2. The van der Waals surface area contributed by atoms with Crippen molar-refractivity contribution in [3.63, 3.8) is 0 Å². The number of urea groups is 1. The topological polar surface area (TPSA) is 96.1 Å². The van der Waals surface area contributed by atoms with Gasteiger partial charge in [-0.1, -0.05) is 6.07 Å². The fourth-order valence-corrected chi connectivity index (χ4v) is 3.15. The van der Waals surface area contributed by atoms with Crippen LogP contribution in [0.1, 0.15) is 10.4 Å². The van der Waals surface area contributed by atoms with Gasteiger partial charge in [-0.15, -0.1) is 0 Å². The van der Waals surface area contributed by atoms with Crippen LogP contribution in [-0.2, 0) is 4.74 Å². The van der Waals surface area contributed by atoms with Gasteiger partial charge in [0.15, 0.2) is 0 Å². The molecule has 0 bridgehead atoms. The van der Waals surface area contributed by atoms with E-state index in [4.69, 9.17) is 4.74 Å². The number of fused-ring (bicyclic) bond motifs is 1. The molecule has 2 aromatic heterocycles. The minimum Gasteiger partial charge on any atom is -0.465 e. The number of rotatable bonds is 4. The molecule has 0 fully saturated rings. The van der Waals surface area contributed by atoms with E-state index in [1.165, 1.54) is 25.3 Å². The van der Waals surface area contributed by atoms with Gasteiger partial charge in [-0.3, -0.25) is 4.98 Å². The van der Waals surface area contributed by atoms with Crippen molar-refractivity contribution in [1.82, 2.24) is 9.97 Å². The van der Waals surface area contributed by atoms with E-state index in [1.54, 1.807) is 48.8 Å². The third-order valence-electron chi connectivity index (χ3n) is 4.51. The van der Waals surface area contributed by atoms with Crippen LogP contribution in [0.5, 0.6) is 0 Å². The van der Waals surface area contributed by atoms with Gasteiger partial charge >= 0.3 is 12.0 Å². The Kier molecular flexibility index (Phi) is 5.13. The van der Waals surface area contributed by atoms with Crippen molar-refractivity contribution in [2.75, 3.05) is 17.7 Å². The first-order chi connectivity index (χ1) is 14.5. The van der Waals surface area contributed by atoms with Gasteiger partial charge in [0.1, 0.15) is 5.82 Å². The van der Waals surface area contributed by atoms with Crippen LogP contribution in [0.2, 0.25) is 0 Å². The summed E-state index contributed by atoms with van der Waals surface area (Å²) in [4.78, 5) is 31.6. The van der Waals surface area contributed by atoms with E-state index in [2.05, 4.69) is 20.6 Å². The van der Waals surface area contributed by atoms with Crippen LogP contribution in [0, 0.1) is 5.82 Å². The second kappa shape index (κ2) is 8.04. The average molecular weight is 404 g/mol. The fraction of sp³-hybridized carbons (Fsp3) is 0.0455. The number of pyridine rings is 1. The Labute approximate surface area is 170 Å². The van der Waals surface area contributed by atoms with Gasteiger partial charge in [0.05, 0.1) is 24.1 Å². The maximum atomic E-state index is 13.9. The lowest BCUT2D eigenvalue weighted by molar-refractivity contribution is 0.0600. The Morgan fingerprint density at radius 2 is 1.83 bits per heavy atom. The molecule has 2 heterocycles. The Bertz CT molecular complexity index is 1240. The predicted octanol–water partition coefficient (Wildman–Crippen LogP) is 4.80. The molecule has 0 spiro atoms. The number of nitrogens with one attached hydrogen (secondary N) is 3. The number of esters is 1. The Balaban J connectivity index is 1.67. The van der Waals surface area contributed by atoms with E-state index in [9.17, 15) is 14.0 Å². The number of benzene rings is 2. The zero-order valence-electron chi connectivity index (χ0n) is 15.9. The molecule has 0 aliphatic rings. The van der Waals surface area contributed by atoms with Crippen LogP contribution >= 0.6 is 0 Å². The minimum atomic E-state index is -0.544. The first kappa shape index (κ1) is 19.1. The number of hydrogen-bond acceptors (Lipinski definition) is 4. The van der Waals surface area contributed by atoms with Crippen LogP contribution < -0.4 is 10.6 Å². The molecule has 8 heteroatoms. The van der Waals surface area contributed by atoms with E-state index in [-0.39, 0.29) is 0 Å². The summed E-state index contributed by atoms with van der Waals surface area (Å²) >= 11 is 0. The number of aromatic nitrogens is 2. The number of carbonyl (C=O) groups is 2. The Morgan fingerprint density at radius 3 is 2.60 bits per heavy atom. The molecule has 0 aliphatic heterocycles. The molecule has 4 aromatic rings. The summed E-state index contributed by atoms with van der Waals surface area (Å²) in [6.07, 6.45) is 3.26. The number of nitrogens with zero attached hydrogens (tertiary/aromatic N) is 1. The minimum absolute atomic E-state index is 0.307. The summed E-state index contributed by atoms with van der Waals surface area (Å²) in [5.74, 6) is -0.928. The molecule has 2 amide bonds. The number of ether oxygens (including phenoxy) is 1. The molecule has 0 aliphatic carbocycles. The van der Waals surface area contributed by atoms with Gasteiger partial charge in [0.2, 0.25) is 0 Å². The molecular weight excluding hydrogens is 387 g/mol. The highest BCUT2D eigenvalue weighted by atomic mass is 19.1. The monoisotopic (exact) mass is 404 g/mol. The van der Waals surface area contributed by atoms with Crippen LogP contribution in [0.3, 0.4) is 0 Å². The van der Waals surface area contributed by atoms with Crippen LogP contribution in [0.4, 0.5) is 20.6 Å². The summed E-state index contributed by atoms with van der Waals surface area (Å²) in [5, 5.41) is 5.99. The number of carbonyl (C=O) groups excluding carboxylic acids is 2. The summed E-state index contributed by atoms with van der Waals surface area (Å²) in [5.41, 5.74) is 3.22. The highest BCUT2D eigenvalue weighted by molar-refractivity contribution is 6.10. The molecule has 7 nitrogen and oxygen atoms in total. The molecular formula is C22H17FN4O3. The molecule has 0 radical (unpaired) electrons. The number of anilines is 2. The maximum absolute atomic E-state index is 13.9. The Morgan fingerprint density at radius 1 is 1.03 bits per heavy atom. The van der Waals surface area contributed by atoms with Crippen LogP contribution in [0.15, 0.2) is 67.0 Å². The molecule has 4 rings (SSSR count). The highest BCUT2D eigenvalue weighted by Gasteiger charge is 2.17. The molecule has 0 saturated heterocycles. The SMILES string of the molecule is COC(=O)c1cccc(NC(=O)Nc2c(-c3ccncc3)[nH]c3ccc(F)cc23)c1. The lowest BCUT2D eigenvalue weighted by atomic mass is 10.1. The molecule has 0 saturated carbocycles. The lowest BCUT2D eigenvalue weighted by Crippen LogP contribution is -2.20. The van der Waals surface area contributed by atoms with Gasteiger partial charge in [-0.2, -0.15) is 0 Å². The van der Waals surface area contributed by atoms with Crippen LogP contribution in [-0.4, -0.2) is 29.1 Å². The largest absolute Gasteiger partial charge is 0.465 e. The third-order valence-corrected chi connectivity index (χ3v) is 4.51. The van der Waals surface area contributed by atoms with Crippen molar-refractivity contribution in [3.05, 3.63) is 78.4 Å². The van der Waals surface area contributed by atoms with Crippen molar-refractivity contribution in [1.29, 1.82) is 0 Å². The number of H-pyrrole nitrogens is 1. The maximum Gasteiger partial charge on any atom is 0.337 e.